The number of halogens is 3. The molecule has 0 aliphatic carbocycles. The first-order valence-corrected chi connectivity index (χ1v) is 6.57. The molecule has 118 valence electrons. The minimum Gasteiger partial charge on any atom is -0.492 e. The summed E-state index contributed by atoms with van der Waals surface area (Å²) in [5, 5.41) is 8.74. The van der Waals surface area contributed by atoms with Gasteiger partial charge in [-0.25, -0.2) is 0 Å². The van der Waals surface area contributed by atoms with Crippen LogP contribution in [0.4, 0.5) is 13.2 Å². The lowest BCUT2D eigenvalue weighted by Crippen LogP contribution is -2.34. The van der Waals surface area contributed by atoms with Crippen LogP contribution < -0.4 is 4.74 Å². The molecule has 0 heterocycles. The largest absolute Gasteiger partial charge is 0.492 e. The number of carbonyl (C=O) groups is 1. The number of carboxylic acid groups (broad SMARTS) is 1. The number of benzene rings is 1. The van der Waals surface area contributed by atoms with Crippen LogP contribution in [0.5, 0.6) is 5.75 Å². The zero-order valence-electron chi connectivity index (χ0n) is 11.7. The molecule has 0 aliphatic rings. The molecule has 21 heavy (non-hydrogen) atoms. The molecular weight excluding hydrogens is 287 g/mol. The van der Waals surface area contributed by atoms with Crippen molar-refractivity contribution in [2.45, 2.75) is 19.5 Å². The van der Waals surface area contributed by atoms with Gasteiger partial charge in [0.25, 0.3) is 0 Å². The summed E-state index contributed by atoms with van der Waals surface area (Å²) >= 11 is 0. The van der Waals surface area contributed by atoms with E-state index in [4.69, 9.17) is 9.84 Å². The second-order valence-corrected chi connectivity index (χ2v) is 4.54. The van der Waals surface area contributed by atoms with E-state index in [2.05, 4.69) is 0 Å². The highest BCUT2D eigenvalue weighted by Crippen LogP contribution is 2.30. The second kappa shape index (κ2) is 7.87. The Morgan fingerprint density at radius 3 is 2.33 bits per heavy atom. The molecule has 1 aromatic rings. The highest BCUT2D eigenvalue weighted by atomic mass is 19.4. The number of hydrogen-bond donors (Lipinski definition) is 1. The fourth-order valence-electron chi connectivity index (χ4n) is 1.81. The van der Waals surface area contributed by atoms with Gasteiger partial charge in [0, 0.05) is 6.54 Å². The van der Waals surface area contributed by atoms with Gasteiger partial charge in [-0.15, -0.1) is 0 Å². The normalized spacial score (nSPS) is 11.7. The molecule has 0 saturated heterocycles. The molecule has 0 fully saturated rings. The van der Waals surface area contributed by atoms with Crippen molar-refractivity contribution in [3.8, 4) is 5.75 Å². The minimum absolute atomic E-state index is 0.0792. The monoisotopic (exact) mass is 305 g/mol. The molecule has 0 atom stereocenters. The van der Waals surface area contributed by atoms with Gasteiger partial charge in [0.15, 0.2) is 0 Å². The van der Waals surface area contributed by atoms with Gasteiger partial charge in [0.1, 0.15) is 12.4 Å². The van der Waals surface area contributed by atoms with E-state index in [1.165, 1.54) is 12.1 Å². The summed E-state index contributed by atoms with van der Waals surface area (Å²) in [7, 11) is 0. The maximum atomic E-state index is 12.4. The molecule has 0 aliphatic heterocycles. The standard InChI is InChI=1S/C14H18F3NO3/c1-2-7-18(10-13(19)20)8-9-21-12-5-3-11(4-6-12)14(15,16)17/h3-6H,2,7-10H2,1H3,(H,19,20). The number of aliphatic carboxylic acids is 1. The lowest BCUT2D eigenvalue weighted by Gasteiger charge is -2.19. The summed E-state index contributed by atoms with van der Waals surface area (Å²) in [4.78, 5) is 12.4. The minimum atomic E-state index is -4.36. The van der Waals surface area contributed by atoms with Gasteiger partial charge in [-0.05, 0) is 37.2 Å². The number of ether oxygens (including phenoxy) is 1. The maximum absolute atomic E-state index is 12.4. The first-order chi connectivity index (χ1) is 9.82. The van der Waals surface area contributed by atoms with Crippen molar-refractivity contribution in [3.05, 3.63) is 29.8 Å². The average Bonchev–Trinajstić information content (AvgIpc) is 2.38. The van der Waals surface area contributed by atoms with Gasteiger partial charge in [-0.1, -0.05) is 6.92 Å². The quantitative estimate of drug-likeness (QED) is 0.802. The van der Waals surface area contributed by atoms with E-state index < -0.39 is 17.7 Å². The number of rotatable bonds is 8. The Morgan fingerprint density at radius 2 is 1.86 bits per heavy atom. The van der Waals surface area contributed by atoms with Gasteiger partial charge in [-0.3, -0.25) is 9.69 Å². The Labute approximate surface area is 121 Å². The molecule has 1 aromatic carbocycles. The molecule has 0 bridgehead atoms. The zero-order chi connectivity index (χ0) is 15.9. The van der Waals surface area contributed by atoms with Crippen LogP contribution in [0.1, 0.15) is 18.9 Å². The van der Waals surface area contributed by atoms with Gasteiger partial charge >= 0.3 is 12.1 Å². The molecule has 0 spiro atoms. The highest BCUT2D eigenvalue weighted by molar-refractivity contribution is 5.69. The van der Waals surface area contributed by atoms with Crippen molar-refractivity contribution in [3.63, 3.8) is 0 Å². The van der Waals surface area contributed by atoms with Crippen molar-refractivity contribution in [2.75, 3.05) is 26.2 Å². The Bertz CT molecular complexity index is 446. The second-order valence-electron chi connectivity index (χ2n) is 4.54. The van der Waals surface area contributed by atoms with E-state index in [1.54, 1.807) is 4.90 Å². The van der Waals surface area contributed by atoms with Gasteiger partial charge in [0.05, 0.1) is 12.1 Å². The van der Waals surface area contributed by atoms with Gasteiger partial charge < -0.3 is 9.84 Å². The van der Waals surface area contributed by atoms with E-state index >= 15 is 0 Å². The summed E-state index contributed by atoms with van der Waals surface area (Å²) in [6.45, 7) is 3.11. The number of carboxylic acids is 1. The summed E-state index contributed by atoms with van der Waals surface area (Å²) in [5.41, 5.74) is -0.728. The molecule has 0 unspecified atom stereocenters. The van der Waals surface area contributed by atoms with Gasteiger partial charge in [0.2, 0.25) is 0 Å². The molecule has 4 nitrogen and oxygen atoms in total. The highest BCUT2D eigenvalue weighted by Gasteiger charge is 2.29. The Balaban J connectivity index is 2.45. The zero-order valence-corrected chi connectivity index (χ0v) is 11.7. The predicted octanol–water partition coefficient (Wildman–Crippen LogP) is 2.88. The van der Waals surface area contributed by atoms with Crippen molar-refractivity contribution in [2.24, 2.45) is 0 Å². The Kier molecular flexibility index (Phi) is 6.48. The fraction of sp³-hybridized carbons (Fsp3) is 0.500. The number of nitrogens with zero attached hydrogens (tertiary/aromatic N) is 1. The molecule has 0 saturated carbocycles. The third-order valence-electron chi connectivity index (χ3n) is 2.76. The van der Waals surface area contributed by atoms with Crippen LogP contribution in [0.3, 0.4) is 0 Å². The van der Waals surface area contributed by atoms with Crippen molar-refractivity contribution >= 4 is 5.97 Å². The summed E-state index contributed by atoms with van der Waals surface area (Å²) < 4.78 is 42.5. The van der Waals surface area contributed by atoms with E-state index in [0.29, 0.717) is 18.8 Å². The van der Waals surface area contributed by atoms with Crippen molar-refractivity contribution in [1.29, 1.82) is 0 Å². The van der Waals surface area contributed by atoms with Crippen LogP contribution in [0, 0.1) is 0 Å². The lowest BCUT2D eigenvalue weighted by atomic mass is 10.2. The third-order valence-corrected chi connectivity index (χ3v) is 2.76. The molecule has 0 aromatic heterocycles. The van der Waals surface area contributed by atoms with Crippen molar-refractivity contribution < 1.29 is 27.8 Å². The molecule has 1 rings (SSSR count). The predicted molar refractivity (Wildman–Crippen MR) is 71.3 cm³/mol. The molecule has 0 radical (unpaired) electrons. The fourth-order valence-corrected chi connectivity index (χ4v) is 1.81. The summed E-state index contributed by atoms with van der Waals surface area (Å²) in [6.07, 6.45) is -3.55. The smallest absolute Gasteiger partial charge is 0.416 e. The first-order valence-electron chi connectivity index (χ1n) is 6.57. The van der Waals surface area contributed by atoms with Crippen LogP contribution >= 0.6 is 0 Å². The lowest BCUT2D eigenvalue weighted by molar-refractivity contribution is -0.138. The molecule has 0 amide bonds. The van der Waals surface area contributed by atoms with E-state index in [9.17, 15) is 18.0 Å². The SMILES string of the molecule is CCCN(CCOc1ccc(C(F)(F)F)cc1)CC(=O)O. The van der Waals surface area contributed by atoms with Crippen LogP contribution in [-0.4, -0.2) is 42.2 Å². The molecule has 1 N–H and O–H groups in total. The summed E-state index contributed by atoms with van der Waals surface area (Å²) in [6, 6.07) is 4.42. The van der Waals surface area contributed by atoms with E-state index in [1.807, 2.05) is 6.92 Å². The van der Waals surface area contributed by atoms with Crippen LogP contribution in [-0.2, 0) is 11.0 Å². The van der Waals surface area contributed by atoms with Crippen LogP contribution in [0.25, 0.3) is 0 Å². The first kappa shape index (κ1) is 17.3. The third kappa shape index (κ3) is 6.48. The Morgan fingerprint density at radius 1 is 1.24 bits per heavy atom. The topological polar surface area (TPSA) is 49.8 Å². The van der Waals surface area contributed by atoms with Crippen LogP contribution in [0.15, 0.2) is 24.3 Å². The Hall–Kier alpha value is -1.76. The van der Waals surface area contributed by atoms with Gasteiger partial charge in [-0.2, -0.15) is 13.2 Å². The molecular formula is C14H18F3NO3. The van der Waals surface area contributed by atoms with Crippen molar-refractivity contribution in [1.82, 2.24) is 4.90 Å². The van der Waals surface area contributed by atoms with E-state index in [-0.39, 0.29) is 13.2 Å². The molecule has 7 heteroatoms. The number of hydrogen-bond acceptors (Lipinski definition) is 3. The van der Waals surface area contributed by atoms with E-state index in [0.717, 1.165) is 18.6 Å². The summed E-state index contributed by atoms with van der Waals surface area (Å²) in [5.74, 6) is -0.590. The maximum Gasteiger partial charge on any atom is 0.416 e. The van der Waals surface area contributed by atoms with Crippen LogP contribution in [0.2, 0.25) is 0 Å². The number of alkyl halides is 3. The average molecular weight is 305 g/mol.